The number of benzene rings is 2. The van der Waals surface area contributed by atoms with Gasteiger partial charge in [-0.2, -0.15) is 0 Å². The van der Waals surface area contributed by atoms with Crippen molar-refractivity contribution in [2.45, 2.75) is 13.5 Å². The monoisotopic (exact) mass is 369 g/mol. The van der Waals surface area contributed by atoms with E-state index in [1.54, 1.807) is 24.4 Å². The van der Waals surface area contributed by atoms with Crippen LogP contribution < -0.4 is 10.6 Å². The van der Waals surface area contributed by atoms with E-state index in [1.165, 1.54) is 18.3 Å². The second-order valence-electron chi connectivity index (χ2n) is 5.81. The molecule has 2 aromatic carbocycles. The van der Waals surface area contributed by atoms with Crippen LogP contribution in [0.5, 0.6) is 0 Å². The molecule has 1 amide bonds. The molecule has 3 rings (SSSR count). The molecule has 0 aliphatic rings. The number of hydrogen-bond acceptors (Lipinski definition) is 3. The van der Waals surface area contributed by atoms with Crippen LogP contribution >= 0.6 is 11.6 Å². The molecule has 4 nitrogen and oxygen atoms in total. The third-order valence-electron chi connectivity index (χ3n) is 3.91. The molecule has 26 heavy (non-hydrogen) atoms. The SMILES string of the molecule is Cc1c(Cl)cccc1Nc1cncc(C(=O)NCc2ccc(F)cc2)c1. The molecular weight excluding hydrogens is 353 g/mol. The maximum Gasteiger partial charge on any atom is 0.253 e. The molecule has 0 spiro atoms. The normalized spacial score (nSPS) is 10.4. The Bertz CT molecular complexity index is 929. The van der Waals surface area contributed by atoms with Crippen molar-refractivity contribution < 1.29 is 9.18 Å². The molecule has 6 heteroatoms. The van der Waals surface area contributed by atoms with Crippen LogP contribution in [0.15, 0.2) is 60.9 Å². The summed E-state index contributed by atoms with van der Waals surface area (Å²) in [5, 5.41) is 6.68. The summed E-state index contributed by atoms with van der Waals surface area (Å²) in [5.41, 5.74) is 3.70. The van der Waals surface area contributed by atoms with E-state index in [4.69, 9.17) is 11.6 Å². The van der Waals surface area contributed by atoms with Crippen molar-refractivity contribution in [2.75, 3.05) is 5.32 Å². The molecule has 2 N–H and O–H groups in total. The van der Waals surface area contributed by atoms with Crippen LogP contribution in [0.4, 0.5) is 15.8 Å². The van der Waals surface area contributed by atoms with Gasteiger partial charge in [-0.15, -0.1) is 0 Å². The standard InChI is InChI=1S/C20H17ClFN3O/c1-13-18(21)3-2-4-19(13)25-17-9-15(11-23-12-17)20(26)24-10-14-5-7-16(22)8-6-14/h2-9,11-12,25H,10H2,1H3,(H,24,26). The van der Waals surface area contributed by atoms with Crippen molar-refractivity contribution in [3.63, 3.8) is 0 Å². The Morgan fingerprint density at radius 3 is 2.69 bits per heavy atom. The fourth-order valence-corrected chi connectivity index (χ4v) is 2.59. The number of rotatable bonds is 5. The number of nitrogens with one attached hydrogen (secondary N) is 2. The highest BCUT2D eigenvalue weighted by molar-refractivity contribution is 6.31. The molecule has 0 saturated heterocycles. The van der Waals surface area contributed by atoms with Gasteiger partial charge in [0, 0.05) is 23.5 Å². The van der Waals surface area contributed by atoms with Crippen LogP contribution in [-0.2, 0) is 6.54 Å². The van der Waals surface area contributed by atoms with Gasteiger partial charge in [-0.1, -0.05) is 29.8 Å². The summed E-state index contributed by atoms with van der Waals surface area (Å²) in [5.74, 6) is -0.562. The van der Waals surface area contributed by atoms with E-state index >= 15 is 0 Å². The summed E-state index contributed by atoms with van der Waals surface area (Å²) in [7, 11) is 0. The van der Waals surface area contributed by atoms with Crippen LogP contribution in [-0.4, -0.2) is 10.9 Å². The minimum Gasteiger partial charge on any atom is -0.354 e. The molecule has 1 heterocycles. The van der Waals surface area contributed by atoms with Crippen LogP contribution in [0, 0.1) is 12.7 Å². The first-order chi connectivity index (χ1) is 12.5. The Balaban J connectivity index is 1.69. The Hall–Kier alpha value is -2.92. The van der Waals surface area contributed by atoms with Gasteiger partial charge in [0.05, 0.1) is 17.4 Å². The zero-order chi connectivity index (χ0) is 18.5. The van der Waals surface area contributed by atoms with Gasteiger partial charge in [-0.05, 0) is 48.4 Å². The molecule has 0 bridgehead atoms. The fraction of sp³-hybridized carbons (Fsp3) is 0.100. The number of carbonyl (C=O) groups is 1. The van der Waals surface area contributed by atoms with Gasteiger partial charge in [0.25, 0.3) is 5.91 Å². The van der Waals surface area contributed by atoms with E-state index in [0.717, 1.165) is 16.8 Å². The number of hydrogen-bond donors (Lipinski definition) is 2. The van der Waals surface area contributed by atoms with Crippen molar-refractivity contribution in [2.24, 2.45) is 0 Å². The Morgan fingerprint density at radius 2 is 1.92 bits per heavy atom. The fourth-order valence-electron chi connectivity index (χ4n) is 2.42. The summed E-state index contributed by atoms with van der Waals surface area (Å²) in [6, 6.07) is 13.3. The van der Waals surface area contributed by atoms with E-state index < -0.39 is 0 Å². The number of halogens is 2. The van der Waals surface area contributed by atoms with E-state index in [9.17, 15) is 9.18 Å². The van der Waals surface area contributed by atoms with Crippen molar-refractivity contribution >= 4 is 28.9 Å². The molecule has 0 unspecified atom stereocenters. The van der Waals surface area contributed by atoms with Gasteiger partial charge in [0.2, 0.25) is 0 Å². The first-order valence-electron chi connectivity index (χ1n) is 8.03. The first-order valence-corrected chi connectivity index (χ1v) is 8.40. The molecule has 132 valence electrons. The summed E-state index contributed by atoms with van der Waals surface area (Å²) in [6.07, 6.45) is 3.13. The molecule has 0 aliphatic carbocycles. The zero-order valence-corrected chi connectivity index (χ0v) is 14.8. The number of amides is 1. The highest BCUT2D eigenvalue weighted by Crippen LogP contribution is 2.26. The summed E-state index contributed by atoms with van der Waals surface area (Å²) in [6.45, 7) is 2.22. The first kappa shape index (κ1) is 17.9. The minimum atomic E-state index is -0.306. The number of carbonyl (C=O) groups excluding carboxylic acids is 1. The number of nitrogens with zero attached hydrogens (tertiary/aromatic N) is 1. The maximum atomic E-state index is 12.9. The lowest BCUT2D eigenvalue weighted by molar-refractivity contribution is 0.0950. The zero-order valence-electron chi connectivity index (χ0n) is 14.1. The largest absolute Gasteiger partial charge is 0.354 e. The molecule has 0 saturated carbocycles. The number of anilines is 2. The lowest BCUT2D eigenvalue weighted by Crippen LogP contribution is -2.23. The van der Waals surface area contributed by atoms with Gasteiger partial charge in [-0.3, -0.25) is 9.78 Å². The second-order valence-corrected chi connectivity index (χ2v) is 6.22. The Morgan fingerprint density at radius 1 is 1.15 bits per heavy atom. The maximum absolute atomic E-state index is 12.9. The number of pyridine rings is 1. The number of aromatic nitrogens is 1. The van der Waals surface area contributed by atoms with E-state index in [1.807, 2.05) is 25.1 Å². The van der Waals surface area contributed by atoms with Gasteiger partial charge < -0.3 is 10.6 Å². The van der Waals surface area contributed by atoms with Gasteiger partial charge in [0.1, 0.15) is 5.82 Å². The van der Waals surface area contributed by atoms with Crippen molar-refractivity contribution in [3.8, 4) is 0 Å². The molecule has 3 aromatic rings. The van der Waals surface area contributed by atoms with Crippen LogP contribution in [0.2, 0.25) is 5.02 Å². The highest BCUT2D eigenvalue weighted by Gasteiger charge is 2.08. The molecule has 0 atom stereocenters. The summed E-state index contributed by atoms with van der Waals surface area (Å²) < 4.78 is 12.9. The van der Waals surface area contributed by atoms with Gasteiger partial charge in [0.15, 0.2) is 0 Å². The second kappa shape index (κ2) is 7.97. The Kier molecular flexibility index (Phi) is 5.49. The van der Waals surface area contributed by atoms with E-state index in [-0.39, 0.29) is 11.7 Å². The molecule has 1 aromatic heterocycles. The lowest BCUT2D eigenvalue weighted by Gasteiger charge is -2.11. The molecular formula is C20H17ClFN3O. The van der Waals surface area contributed by atoms with Crippen molar-refractivity contribution in [1.29, 1.82) is 0 Å². The predicted molar refractivity (Wildman–Crippen MR) is 101 cm³/mol. The third-order valence-corrected chi connectivity index (χ3v) is 4.32. The molecule has 0 aliphatic heterocycles. The Labute approximate surface area is 156 Å². The predicted octanol–water partition coefficient (Wildman–Crippen LogP) is 4.86. The quantitative estimate of drug-likeness (QED) is 0.675. The van der Waals surface area contributed by atoms with Gasteiger partial charge >= 0.3 is 0 Å². The smallest absolute Gasteiger partial charge is 0.253 e. The average Bonchev–Trinajstić information content (AvgIpc) is 2.65. The third kappa shape index (κ3) is 4.37. The van der Waals surface area contributed by atoms with E-state index in [0.29, 0.717) is 22.8 Å². The van der Waals surface area contributed by atoms with Crippen LogP contribution in [0.25, 0.3) is 0 Å². The molecule has 0 fully saturated rings. The topological polar surface area (TPSA) is 54.0 Å². The van der Waals surface area contributed by atoms with Crippen molar-refractivity contribution in [3.05, 3.63) is 88.5 Å². The van der Waals surface area contributed by atoms with Crippen LogP contribution in [0.1, 0.15) is 21.5 Å². The van der Waals surface area contributed by atoms with Crippen LogP contribution in [0.3, 0.4) is 0 Å². The summed E-state index contributed by atoms with van der Waals surface area (Å²) in [4.78, 5) is 16.5. The van der Waals surface area contributed by atoms with Crippen molar-refractivity contribution in [1.82, 2.24) is 10.3 Å². The summed E-state index contributed by atoms with van der Waals surface area (Å²) >= 11 is 6.13. The molecule has 0 radical (unpaired) electrons. The minimum absolute atomic E-state index is 0.256. The lowest BCUT2D eigenvalue weighted by atomic mass is 10.2. The van der Waals surface area contributed by atoms with Gasteiger partial charge in [-0.25, -0.2) is 4.39 Å². The van der Waals surface area contributed by atoms with E-state index in [2.05, 4.69) is 15.6 Å². The highest BCUT2D eigenvalue weighted by atomic mass is 35.5. The average molecular weight is 370 g/mol.